The second-order valence-electron chi connectivity index (χ2n) is 6.62. The predicted octanol–water partition coefficient (Wildman–Crippen LogP) is 3.73. The van der Waals surface area contributed by atoms with Crippen LogP contribution in [0, 0.1) is 0 Å². The van der Waals surface area contributed by atoms with E-state index < -0.39 is 0 Å². The summed E-state index contributed by atoms with van der Waals surface area (Å²) in [4.78, 5) is 22.0. The molecule has 5 heteroatoms. The van der Waals surface area contributed by atoms with Crippen molar-refractivity contribution in [2.45, 2.75) is 19.4 Å². The number of furan rings is 1. The largest absolute Gasteiger partial charge is 0.449 e. The van der Waals surface area contributed by atoms with Crippen LogP contribution in [0.15, 0.2) is 63.8 Å². The molecule has 0 radical (unpaired) electrons. The Hall–Kier alpha value is -2.92. The molecule has 2 aromatic heterocycles. The number of para-hydroxylation sites is 1. The fraction of sp³-hybridized carbons (Fsp3) is 0.238. The summed E-state index contributed by atoms with van der Waals surface area (Å²) in [5.74, 6) is 0.663. The van der Waals surface area contributed by atoms with Crippen LogP contribution >= 0.6 is 0 Å². The molecule has 132 valence electrons. The predicted molar refractivity (Wildman–Crippen MR) is 103 cm³/mol. The molecular formula is C21H21N3O2. The zero-order chi connectivity index (χ0) is 17.9. The Labute approximate surface area is 151 Å². The Morgan fingerprint density at radius 2 is 1.85 bits per heavy atom. The third-order valence-electron chi connectivity index (χ3n) is 4.55. The first-order valence-corrected chi connectivity index (χ1v) is 8.83. The van der Waals surface area contributed by atoms with Crippen LogP contribution < -0.4 is 5.56 Å². The summed E-state index contributed by atoms with van der Waals surface area (Å²) in [6.45, 7) is 1.53. The van der Waals surface area contributed by atoms with Crippen LogP contribution in [0.5, 0.6) is 0 Å². The zero-order valence-corrected chi connectivity index (χ0v) is 14.7. The van der Waals surface area contributed by atoms with Crippen LogP contribution in [0.1, 0.15) is 17.8 Å². The highest BCUT2D eigenvalue weighted by atomic mass is 16.3. The van der Waals surface area contributed by atoms with Crippen LogP contribution in [0.3, 0.4) is 0 Å². The van der Waals surface area contributed by atoms with Crippen LogP contribution in [-0.4, -0.2) is 28.5 Å². The van der Waals surface area contributed by atoms with Gasteiger partial charge in [0.2, 0.25) is 5.58 Å². The van der Waals surface area contributed by atoms with Crippen LogP contribution in [0.25, 0.3) is 22.1 Å². The van der Waals surface area contributed by atoms with Gasteiger partial charge in [-0.25, -0.2) is 4.98 Å². The third-order valence-corrected chi connectivity index (χ3v) is 4.55. The van der Waals surface area contributed by atoms with E-state index in [4.69, 9.17) is 4.42 Å². The summed E-state index contributed by atoms with van der Waals surface area (Å²) in [5, 5.41) is 0.876. The van der Waals surface area contributed by atoms with Gasteiger partial charge in [0, 0.05) is 5.39 Å². The number of fused-ring (bicyclic) bond motifs is 3. The Morgan fingerprint density at radius 1 is 1.08 bits per heavy atom. The monoisotopic (exact) mass is 347 g/mol. The molecule has 0 aliphatic carbocycles. The summed E-state index contributed by atoms with van der Waals surface area (Å²) in [6.07, 6.45) is 2.10. The fourth-order valence-corrected chi connectivity index (χ4v) is 3.25. The van der Waals surface area contributed by atoms with E-state index in [-0.39, 0.29) is 5.56 Å². The molecule has 0 unspecified atom stereocenters. The molecule has 0 fully saturated rings. The van der Waals surface area contributed by atoms with Gasteiger partial charge in [0.05, 0.1) is 6.54 Å². The summed E-state index contributed by atoms with van der Waals surface area (Å²) >= 11 is 0. The average molecular weight is 347 g/mol. The third kappa shape index (κ3) is 3.39. The van der Waals surface area contributed by atoms with Crippen molar-refractivity contribution in [3.63, 3.8) is 0 Å². The molecule has 0 saturated heterocycles. The molecule has 0 aliphatic rings. The van der Waals surface area contributed by atoms with Crippen LogP contribution in [0.4, 0.5) is 0 Å². The minimum atomic E-state index is -0.223. The maximum Gasteiger partial charge on any atom is 0.294 e. The normalized spacial score (nSPS) is 11.6. The molecule has 0 saturated carbocycles. The van der Waals surface area contributed by atoms with E-state index >= 15 is 0 Å². The maximum atomic E-state index is 12.3. The van der Waals surface area contributed by atoms with Crippen molar-refractivity contribution in [1.29, 1.82) is 0 Å². The van der Waals surface area contributed by atoms with Crippen molar-refractivity contribution in [3.8, 4) is 0 Å². The Morgan fingerprint density at radius 3 is 2.69 bits per heavy atom. The molecule has 2 heterocycles. The van der Waals surface area contributed by atoms with E-state index in [2.05, 4.69) is 39.1 Å². The molecule has 2 aromatic carbocycles. The zero-order valence-electron chi connectivity index (χ0n) is 14.7. The van der Waals surface area contributed by atoms with Crippen molar-refractivity contribution in [3.05, 3.63) is 76.3 Å². The van der Waals surface area contributed by atoms with Crippen molar-refractivity contribution < 1.29 is 4.42 Å². The number of aromatic nitrogens is 2. The molecule has 26 heavy (non-hydrogen) atoms. The van der Waals surface area contributed by atoms with Crippen molar-refractivity contribution in [2.75, 3.05) is 13.6 Å². The second kappa shape index (κ2) is 7.14. The molecule has 1 N–H and O–H groups in total. The highest BCUT2D eigenvalue weighted by Gasteiger charge is 2.13. The standard InChI is InChI=1S/C21H21N3O2/c1-24(13-7-10-15-8-3-2-4-9-15)14-18-22-19-16-11-5-6-12-17(16)26-20(19)21(25)23-18/h2-6,8-9,11-12H,7,10,13-14H2,1H3,(H,22,23,25). The van der Waals surface area contributed by atoms with E-state index in [1.165, 1.54) is 5.56 Å². The number of hydrogen-bond acceptors (Lipinski definition) is 4. The molecule has 0 amide bonds. The smallest absolute Gasteiger partial charge is 0.294 e. The number of benzene rings is 2. The lowest BCUT2D eigenvalue weighted by atomic mass is 10.1. The molecule has 0 aliphatic heterocycles. The fourth-order valence-electron chi connectivity index (χ4n) is 3.25. The SMILES string of the molecule is CN(CCCc1ccccc1)Cc1nc2c(oc3ccccc32)c(=O)[nH]1. The Bertz CT molecular complexity index is 1080. The Kier molecular flexibility index (Phi) is 4.54. The van der Waals surface area contributed by atoms with Gasteiger partial charge < -0.3 is 9.40 Å². The minimum absolute atomic E-state index is 0.223. The molecule has 4 aromatic rings. The van der Waals surface area contributed by atoms with Gasteiger partial charge in [0.1, 0.15) is 16.9 Å². The number of aromatic amines is 1. The highest BCUT2D eigenvalue weighted by Crippen LogP contribution is 2.24. The van der Waals surface area contributed by atoms with Gasteiger partial charge in [-0.3, -0.25) is 9.69 Å². The number of nitrogens with one attached hydrogen (secondary N) is 1. The number of hydrogen-bond donors (Lipinski definition) is 1. The molecule has 5 nitrogen and oxygen atoms in total. The van der Waals surface area contributed by atoms with Gasteiger partial charge >= 0.3 is 0 Å². The van der Waals surface area contributed by atoms with Crippen molar-refractivity contribution in [1.82, 2.24) is 14.9 Å². The van der Waals surface area contributed by atoms with Gasteiger partial charge in [-0.15, -0.1) is 0 Å². The lowest BCUT2D eigenvalue weighted by Crippen LogP contribution is -2.23. The lowest BCUT2D eigenvalue weighted by Gasteiger charge is -2.15. The molecule has 0 atom stereocenters. The van der Waals surface area contributed by atoms with E-state index in [0.29, 0.717) is 29.1 Å². The van der Waals surface area contributed by atoms with Crippen LogP contribution in [-0.2, 0) is 13.0 Å². The molecule has 0 bridgehead atoms. The van der Waals surface area contributed by atoms with E-state index in [9.17, 15) is 4.79 Å². The molecule has 4 rings (SSSR count). The van der Waals surface area contributed by atoms with E-state index in [1.807, 2.05) is 37.4 Å². The summed E-state index contributed by atoms with van der Waals surface area (Å²) < 4.78 is 5.64. The first-order valence-electron chi connectivity index (χ1n) is 8.83. The van der Waals surface area contributed by atoms with Crippen molar-refractivity contribution >= 4 is 22.1 Å². The quantitative estimate of drug-likeness (QED) is 0.577. The summed E-state index contributed by atoms with van der Waals surface area (Å²) in [6, 6.07) is 18.1. The number of H-pyrrole nitrogens is 1. The van der Waals surface area contributed by atoms with E-state index in [0.717, 1.165) is 24.8 Å². The minimum Gasteiger partial charge on any atom is -0.449 e. The molecule has 0 spiro atoms. The number of rotatable bonds is 6. The second-order valence-corrected chi connectivity index (χ2v) is 6.62. The topological polar surface area (TPSA) is 62.1 Å². The average Bonchev–Trinajstić information content (AvgIpc) is 3.02. The lowest BCUT2D eigenvalue weighted by molar-refractivity contribution is 0.314. The van der Waals surface area contributed by atoms with Gasteiger partial charge in [0.25, 0.3) is 5.56 Å². The highest BCUT2D eigenvalue weighted by molar-refractivity contribution is 6.01. The Balaban J connectivity index is 1.48. The van der Waals surface area contributed by atoms with Gasteiger partial charge in [-0.05, 0) is 44.1 Å². The van der Waals surface area contributed by atoms with Gasteiger partial charge in [-0.2, -0.15) is 0 Å². The van der Waals surface area contributed by atoms with E-state index in [1.54, 1.807) is 0 Å². The maximum absolute atomic E-state index is 12.3. The summed E-state index contributed by atoms with van der Waals surface area (Å²) in [7, 11) is 2.04. The van der Waals surface area contributed by atoms with Crippen molar-refractivity contribution in [2.24, 2.45) is 0 Å². The van der Waals surface area contributed by atoms with Gasteiger partial charge in [0.15, 0.2) is 0 Å². The summed E-state index contributed by atoms with van der Waals surface area (Å²) in [5.41, 5.74) is 2.74. The number of aryl methyl sites for hydroxylation is 1. The van der Waals surface area contributed by atoms with Gasteiger partial charge in [-0.1, -0.05) is 42.5 Å². The number of nitrogens with zero attached hydrogens (tertiary/aromatic N) is 2. The first-order chi connectivity index (χ1) is 12.7. The molecular weight excluding hydrogens is 326 g/mol. The van der Waals surface area contributed by atoms with Crippen LogP contribution in [0.2, 0.25) is 0 Å². The first kappa shape index (κ1) is 16.5.